The van der Waals surface area contributed by atoms with Crippen molar-refractivity contribution >= 4 is 11.9 Å². The molecule has 1 aliphatic rings. The Morgan fingerprint density at radius 1 is 1.38 bits per heavy atom. The quantitative estimate of drug-likeness (QED) is 0.554. The van der Waals surface area contributed by atoms with Gasteiger partial charge in [-0.15, -0.1) is 0 Å². The molecular weight excluding hydrogens is 212 g/mol. The third kappa shape index (κ3) is 2.35. The Labute approximate surface area is 94.4 Å². The summed E-state index contributed by atoms with van der Waals surface area (Å²) in [5.74, 6) is -2.06. The van der Waals surface area contributed by atoms with Crippen LogP contribution in [0.1, 0.15) is 39.0 Å². The van der Waals surface area contributed by atoms with E-state index in [2.05, 4.69) is 4.74 Å². The molecule has 0 radical (unpaired) electrons. The van der Waals surface area contributed by atoms with Gasteiger partial charge in [-0.3, -0.25) is 9.59 Å². The Hall–Kier alpha value is -1.10. The van der Waals surface area contributed by atoms with Crippen molar-refractivity contribution in [2.75, 3.05) is 7.11 Å². The van der Waals surface area contributed by atoms with Crippen molar-refractivity contribution < 1.29 is 24.5 Å². The van der Waals surface area contributed by atoms with Gasteiger partial charge in [0.25, 0.3) is 0 Å². The zero-order chi connectivity index (χ0) is 12.4. The van der Waals surface area contributed by atoms with Gasteiger partial charge in [-0.1, -0.05) is 12.8 Å². The standard InChI is InChI=1S/C11H18O5/c1-10(8(12)13,9(14)16-2)7-11(15)5-3-4-6-11/h15H,3-7H2,1-2H3,(H,12,13). The Morgan fingerprint density at radius 3 is 2.25 bits per heavy atom. The lowest BCUT2D eigenvalue weighted by atomic mass is 9.78. The van der Waals surface area contributed by atoms with E-state index in [1.165, 1.54) is 6.92 Å². The van der Waals surface area contributed by atoms with Gasteiger partial charge in [0.05, 0.1) is 12.7 Å². The summed E-state index contributed by atoms with van der Waals surface area (Å²) in [6.45, 7) is 1.30. The fourth-order valence-electron chi connectivity index (χ4n) is 2.33. The van der Waals surface area contributed by atoms with Crippen LogP contribution in [0.15, 0.2) is 0 Å². The van der Waals surface area contributed by atoms with Crippen LogP contribution >= 0.6 is 0 Å². The average molecular weight is 230 g/mol. The van der Waals surface area contributed by atoms with Gasteiger partial charge in [-0.05, 0) is 19.8 Å². The lowest BCUT2D eigenvalue weighted by Gasteiger charge is -2.31. The Morgan fingerprint density at radius 2 is 1.88 bits per heavy atom. The molecule has 0 amide bonds. The minimum absolute atomic E-state index is 0.0813. The number of carbonyl (C=O) groups excluding carboxylic acids is 1. The number of carbonyl (C=O) groups is 2. The van der Waals surface area contributed by atoms with Crippen molar-refractivity contribution in [3.05, 3.63) is 0 Å². The van der Waals surface area contributed by atoms with E-state index in [0.29, 0.717) is 12.8 Å². The van der Waals surface area contributed by atoms with Gasteiger partial charge in [-0.2, -0.15) is 0 Å². The number of methoxy groups -OCH3 is 1. The highest BCUT2D eigenvalue weighted by molar-refractivity contribution is 5.98. The van der Waals surface area contributed by atoms with Crippen molar-refractivity contribution in [2.45, 2.75) is 44.6 Å². The van der Waals surface area contributed by atoms with E-state index in [1.54, 1.807) is 0 Å². The fourth-order valence-corrected chi connectivity index (χ4v) is 2.33. The molecule has 1 unspecified atom stereocenters. The Bertz CT molecular complexity index is 293. The summed E-state index contributed by atoms with van der Waals surface area (Å²) in [6.07, 6.45) is 2.75. The zero-order valence-electron chi connectivity index (χ0n) is 9.65. The third-order valence-corrected chi connectivity index (χ3v) is 3.32. The Balaban J connectivity index is 2.86. The van der Waals surface area contributed by atoms with Crippen molar-refractivity contribution in [1.82, 2.24) is 0 Å². The van der Waals surface area contributed by atoms with Crippen molar-refractivity contribution in [3.63, 3.8) is 0 Å². The maximum absolute atomic E-state index is 11.5. The van der Waals surface area contributed by atoms with Crippen molar-refractivity contribution in [3.8, 4) is 0 Å². The SMILES string of the molecule is COC(=O)C(C)(CC1(O)CCCC1)C(=O)O. The highest BCUT2D eigenvalue weighted by Crippen LogP contribution is 2.40. The number of ether oxygens (including phenoxy) is 1. The number of hydrogen-bond donors (Lipinski definition) is 2. The molecule has 1 atom stereocenters. The van der Waals surface area contributed by atoms with Crippen LogP contribution in [0.4, 0.5) is 0 Å². The molecule has 0 heterocycles. The largest absolute Gasteiger partial charge is 0.480 e. The monoisotopic (exact) mass is 230 g/mol. The lowest BCUT2D eigenvalue weighted by Crippen LogP contribution is -2.44. The fraction of sp³-hybridized carbons (Fsp3) is 0.818. The predicted octanol–water partition coefficient (Wildman–Crippen LogP) is 0.946. The molecular formula is C11H18O5. The first-order valence-corrected chi connectivity index (χ1v) is 5.38. The molecule has 1 rings (SSSR count). The minimum Gasteiger partial charge on any atom is -0.480 e. The molecule has 0 spiro atoms. The maximum Gasteiger partial charge on any atom is 0.323 e. The molecule has 0 aromatic rings. The van der Waals surface area contributed by atoms with Crippen LogP contribution in [0.3, 0.4) is 0 Å². The molecule has 5 nitrogen and oxygen atoms in total. The van der Waals surface area contributed by atoms with E-state index in [9.17, 15) is 14.7 Å². The highest BCUT2D eigenvalue weighted by atomic mass is 16.5. The van der Waals surface area contributed by atoms with Crippen LogP contribution in [0.25, 0.3) is 0 Å². The maximum atomic E-state index is 11.5. The van der Waals surface area contributed by atoms with E-state index >= 15 is 0 Å². The Kier molecular flexibility index (Phi) is 3.57. The van der Waals surface area contributed by atoms with Gasteiger partial charge < -0.3 is 14.9 Å². The average Bonchev–Trinajstić information content (AvgIpc) is 2.63. The topological polar surface area (TPSA) is 83.8 Å². The number of aliphatic carboxylic acids is 1. The minimum atomic E-state index is -1.66. The first-order valence-electron chi connectivity index (χ1n) is 5.38. The smallest absolute Gasteiger partial charge is 0.323 e. The van der Waals surface area contributed by atoms with Crippen LogP contribution in [-0.2, 0) is 14.3 Å². The number of carboxylic acid groups (broad SMARTS) is 1. The third-order valence-electron chi connectivity index (χ3n) is 3.32. The molecule has 92 valence electrons. The molecule has 1 aliphatic carbocycles. The molecule has 1 saturated carbocycles. The summed E-state index contributed by atoms with van der Waals surface area (Å²) < 4.78 is 4.50. The van der Waals surface area contributed by atoms with Crippen LogP contribution in [0.5, 0.6) is 0 Å². The summed E-state index contributed by atoms with van der Waals surface area (Å²) in [7, 11) is 1.15. The van der Waals surface area contributed by atoms with Crippen molar-refractivity contribution in [2.24, 2.45) is 5.41 Å². The number of esters is 1. The number of rotatable bonds is 4. The summed E-state index contributed by atoms with van der Waals surface area (Å²) in [5.41, 5.74) is -2.70. The number of carboxylic acids is 1. The first-order chi connectivity index (χ1) is 7.34. The van der Waals surface area contributed by atoms with Crippen LogP contribution < -0.4 is 0 Å². The predicted molar refractivity (Wildman–Crippen MR) is 55.8 cm³/mol. The molecule has 0 saturated heterocycles. The second kappa shape index (κ2) is 4.41. The molecule has 0 aromatic carbocycles. The van der Waals surface area contributed by atoms with E-state index < -0.39 is 23.0 Å². The molecule has 0 aliphatic heterocycles. The normalized spacial score (nSPS) is 22.4. The van der Waals surface area contributed by atoms with E-state index in [4.69, 9.17) is 5.11 Å². The van der Waals surface area contributed by atoms with E-state index in [1.807, 2.05) is 0 Å². The summed E-state index contributed by atoms with van der Waals surface area (Å²) in [5, 5.41) is 19.2. The van der Waals surface area contributed by atoms with E-state index in [-0.39, 0.29) is 6.42 Å². The summed E-state index contributed by atoms with van der Waals surface area (Å²) >= 11 is 0. The zero-order valence-corrected chi connectivity index (χ0v) is 9.65. The summed E-state index contributed by atoms with van der Waals surface area (Å²) in [4.78, 5) is 22.6. The molecule has 1 fully saturated rings. The second-order valence-electron chi connectivity index (χ2n) is 4.74. The first kappa shape index (κ1) is 13.0. The van der Waals surface area contributed by atoms with E-state index in [0.717, 1.165) is 20.0 Å². The van der Waals surface area contributed by atoms with Gasteiger partial charge >= 0.3 is 11.9 Å². The summed E-state index contributed by atoms with van der Waals surface area (Å²) in [6, 6.07) is 0. The lowest BCUT2D eigenvalue weighted by molar-refractivity contribution is -0.170. The molecule has 0 bridgehead atoms. The van der Waals surface area contributed by atoms with Crippen LogP contribution in [0.2, 0.25) is 0 Å². The van der Waals surface area contributed by atoms with Gasteiger partial charge in [0.2, 0.25) is 0 Å². The van der Waals surface area contributed by atoms with Gasteiger partial charge in [0.1, 0.15) is 0 Å². The van der Waals surface area contributed by atoms with Crippen LogP contribution in [0, 0.1) is 5.41 Å². The van der Waals surface area contributed by atoms with Crippen LogP contribution in [-0.4, -0.2) is 34.9 Å². The molecule has 2 N–H and O–H groups in total. The number of hydrogen-bond acceptors (Lipinski definition) is 4. The highest BCUT2D eigenvalue weighted by Gasteiger charge is 2.49. The van der Waals surface area contributed by atoms with Crippen molar-refractivity contribution in [1.29, 1.82) is 0 Å². The van der Waals surface area contributed by atoms with Gasteiger partial charge in [0.15, 0.2) is 5.41 Å². The van der Waals surface area contributed by atoms with Gasteiger partial charge in [0, 0.05) is 6.42 Å². The molecule has 16 heavy (non-hydrogen) atoms. The van der Waals surface area contributed by atoms with Gasteiger partial charge in [-0.25, -0.2) is 0 Å². The second-order valence-corrected chi connectivity index (χ2v) is 4.74. The molecule has 0 aromatic heterocycles. The molecule has 5 heteroatoms. The number of aliphatic hydroxyl groups is 1.